The first-order valence-electron chi connectivity index (χ1n) is 3.46. The van der Waals surface area contributed by atoms with Gasteiger partial charge in [0.15, 0.2) is 5.09 Å². The second kappa shape index (κ2) is 4.64. The van der Waals surface area contributed by atoms with E-state index in [0.29, 0.717) is 5.58 Å². The van der Waals surface area contributed by atoms with Crippen LogP contribution in [0.2, 0.25) is 0 Å². The van der Waals surface area contributed by atoms with Gasteiger partial charge in [-0.25, -0.2) is 0 Å². The minimum Gasteiger partial charge on any atom is -0.766 e. The maximum absolute atomic E-state index is 10.6. The summed E-state index contributed by atoms with van der Waals surface area (Å²) in [6.45, 7) is 0. The third-order valence-corrected chi connectivity index (χ3v) is 2.87. The van der Waals surface area contributed by atoms with Crippen molar-refractivity contribution in [3.63, 3.8) is 0 Å². The van der Waals surface area contributed by atoms with Gasteiger partial charge in [-0.1, -0.05) is 22.0 Å². The minimum atomic E-state index is -2.31. The van der Waals surface area contributed by atoms with Crippen molar-refractivity contribution in [3.05, 3.63) is 28.7 Å². The van der Waals surface area contributed by atoms with Gasteiger partial charge in [0.1, 0.15) is 5.58 Å². The Labute approximate surface area is 103 Å². The smallest absolute Gasteiger partial charge is 0.766 e. The summed E-state index contributed by atoms with van der Waals surface area (Å²) < 4.78 is 27.0. The van der Waals surface area contributed by atoms with Crippen LogP contribution in [0.15, 0.2) is 38.2 Å². The monoisotopic (exact) mass is 266 g/mol. The summed E-state index contributed by atoms with van der Waals surface area (Å²) in [5.41, 5.74) is 0.563. The van der Waals surface area contributed by atoms with Crippen molar-refractivity contribution in [2.45, 2.75) is 5.09 Å². The normalized spacial score (nSPS) is 12.4. The third kappa shape index (κ3) is 2.13. The molecule has 14 heavy (non-hydrogen) atoms. The van der Waals surface area contributed by atoms with Gasteiger partial charge in [-0.15, -0.1) is 0 Å². The first-order chi connectivity index (χ1) is 6.18. The average Bonchev–Trinajstić information content (AvgIpc) is 2.49. The molecule has 6 heteroatoms. The first-order valence-corrected chi connectivity index (χ1v) is 5.32. The summed E-state index contributed by atoms with van der Waals surface area (Å²) >= 11 is 0.991. The van der Waals surface area contributed by atoms with Gasteiger partial charge < -0.3 is 8.97 Å². The molecule has 1 atom stereocenters. The number of furan rings is 1. The molecule has 0 fully saturated rings. The molecule has 0 spiro atoms. The second-order valence-electron chi connectivity index (χ2n) is 2.45. The Kier molecular flexibility index (Phi) is 3.99. The molecular formula is C8H4BrLiO3S. The summed E-state index contributed by atoms with van der Waals surface area (Å²) in [6, 6.07) is 6.82. The van der Waals surface area contributed by atoms with Crippen LogP contribution < -0.4 is 18.9 Å². The van der Waals surface area contributed by atoms with Crippen molar-refractivity contribution in [3.8, 4) is 0 Å². The topological polar surface area (TPSA) is 53.3 Å². The zero-order valence-electron chi connectivity index (χ0n) is 7.32. The van der Waals surface area contributed by atoms with Crippen LogP contribution in [0, 0.1) is 0 Å². The van der Waals surface area contributed by atoms with Crippen LogP contribution in [0.1, 0.15) is 0 Å². The summed E-state index contributed by atoms with van der Waals surface area (Å²) in [4.78, 5) is 0. The van der Waals surface area contributed by atoms with E-state index < -0.39 is 11.1 Å². The summed E-state index contributed by atoms with van der Waals surface area (Å²) in [5.74, 6) is 0. The van der Waals surface area contributed by atoms with E-state index in [2.05, 4.69) is 15.9 Å². The number of benzene rings is 1. The fraction of sp³-hybridized carbons (Fsp3) is 0. The van der Waals surface area contributed by atoms with E-state index in [1.165, 1.54) is 6.07 Å². The van der Waals surface area contributed by atoms with Crippen molar-refractivity contribution in [2.24, 2.45) is 0 Å². The molecule has 0 saturated heterocycles. The van der Waals surface area contributed by atoms with E-state index in [1.807, 2.05) is 6.07 Å². The molecule has 2 rings (SSSR count). The van der Waals surface area contributed by atoms with Crippen LogP contribution in [-0.4, -0.2) is 8.76 Å². The number of fused-ring (bicyclic) bond motifs is 1. The number of hydrogen-bond donors (Lipinski definition) is 0. The van der Waals surface area contributed by atoms with Gasteiger partial charge >= 0.3 is 18.9 Å². The zero-order valence-corrected chi connectivity index (χ0v) is 9.72. The van der Waals surface area contributed by atoms with Crippen LogP contribution in [0.4, 0.5) is 0 Å². The van der Waals surface area contributed by atoms with Gasteiger partial charge in [-0.2, -0.15) is 0 Å². The molecule has 0 amide bonds. The zero-order chi connectivity index (χ0) is 9.42. The van der Waals surface area contributed by atoms with Crippen LogP contribution in [0.5, 0.6) is 0 Å². The van der Waals surface area contributed by atoms with E-state index in [0.717, 1.165) is 9.86 Å². The predicted molar refractivity (Wildman–Crippen MR) is 51.1 cm³/mol. The molecule has 0 aliphatic heterocycles. The van der Waals surface area contributed by atoms with Gasteiger partial charge in [0.2, 0.25) is 0 Å². The predicted octanol–water partition coefficient (Wildman–Crippen LogP) is -0.563. The molecule has 1 unspecified atom stereocenters. The molecular weight excluding hydrogens is 263 g/mol. The summed E-state index contributed by atoms with van der Waals surface area (Å²) in [6.07, 6.45) is 0. The molecule has 68 valence electrons. The maximum Gasteiger partial charge on any atom is 1.00 e. The van der Waals surface area contributed by atoms with E-state index >= 15 is 0 Å². The molecule has 1 heterocycles. The maximum atomic E-state index is 10.6. The van der Waals surface area contributed by atoms with Gasteiger partial charge in [0.25, 0.3) is 0 Å². The third-order valence-electron chi connectivity index (χ3n) is 1.65. The van der Waals surface area contributed by atoms with Crippen LogP contribution in [0.25, 0.3) is 11.0 Å². The summed E-state index contributed by atoms with van der Waals surface area (Å²) in [7, 11) is 0. The summed E-state index contributed by atoms with van der Waals surface area (Å²) in [5, 5.41) is 0.726. The Hall–Kier alpha value is -0.0526. The average molecular weight is 267 g/mol. The van der Waals surface area contributed by atoms with Gasteiger partial charge in [-0.05, 0) is 12.1 Å². The number of hydrogen-bond acceptors (Lipinski definition) is 3. The van der Waals surface area contributed by atoms with E-state index in [4.69, 9.17) is 4.42 Å². The van der Waals surface area contributed by atoms with Crippen LogP contribution in [-0.2, 0) is 11.1 Å². The Morgan fingerprint density at radius 2 is 2.14 bits per heavy atom. The number of rotatable bonds is 1. The van der Waals surface area contributed by atoms with Crippen molar-refractivity contribution < 1.29 is 32.0 Å². The van der Waals surface area contributed by atoms with Crippen LogP contribution in [0.3, 0.4) is 0 Å². The number of halogens is 1. The minimum absolute atomic E-state index is 0. The molecule has 0 N–H and O–H groups in total. The SMILES string of the molecule is O=S([O-])c1cc2c(Br)cccc2o1.[Li+]. The van der Waals surface area contributed by atoms with Gasteiger partial charge in [0, 0.05) is 27.0 Å². The van der Waals surface area contributed by atoms with Crippen molar-refractivity contribution >= 4 is 38.0 Å². The van der Waals surface area contributed by atoms with Gasteiger partial charge in [0.05, 0.1) is 0 Å². The molecule has 2 aromatic rings. The van der Waals surface area contributed by atoms with Crippen molar-refractivity contribution in [1.29, 1.82) is 0 Å². The van der Waals surface area contributed by atoms with E-state index in [9.17, 15) is 8.76 Å². The molecule has 0 aliphatic rings. The molecule has 0 bridgehead atoms. The Morgan fingerprint density at radius 1 is 1.43 bits per heavy atom. The molecule has 1 aromatic carbocycles. The quantitative estimate of drug-likeness (QED) is 0.514. The molecule has 1 aromatic heterocycles. The standard InChI is InChI=1S/C8H5BrO3S.Li/c9-6-2-1-3-7-5(6)4-8(12-7)13(10)11;/h1-4H,(H,10,11);/q;+1/p-1. The molecule has 0 radical (unpaired) electrons. The van der Waals surface area contributed by atoms with E-state index in [-0.39, 0.29) is 24.0 Å². The first kappa shape index (κ1) is 12.0. The molecule has 0 aliphatic carbocycles. The Balaban J connectivity index is 0.000000980. The second-order valence-corrected chi connectivity index (χ2v) is 4.18. The molecule has 0 saturated carbocycles. The van der Waals surface area contributed by atoms with Crippen molar-refractivity contribution in [2.75, 3.05) is 0 Å². The largest absolute Gasteiger partial charge is 1.00 e. The fourth-order valence-electron chi connectivity index (χ4n) is 1.08. The van der Waals surface area contributed by atoms with Crippen LogP contribution >= 0.6 is 15.9 Å². The van der Waals surface area contributed by atoms with Gasteiger partial charge in [-0.3, -0.25) is 4.21 Å². The molecule has 3 nitrogen and oxygen atoms in total. The fourth-order valence-corrected chi connectivity index (χ4v) is 1.92. The van der Waals surface area contributed by atoms with E-state index in [1.54, 1.807) is 12.1 Å². The van der Waals surface area contributed by atoms with Crippen molar-refractivity contribution in [1.82, 2.24) is 0 Å². The Bertz CT molecular complexity index is 482. The Morgan fingerprint density at radius 3 is 2.71 bits per heavy atom.